The van der Waals surface area contributed by atoms with Crippen molar-refractivity contribution in [3.05, 3.63) is 69.1 Å². The highest BCUT2D eigenvalue weighted by Crippen LogP contribution is 2.13. The van der Waals surface area contributed by atoms with Crippen molar-refractivity contribution in [3.8, 4) is 0 Å². The monoisotopic (exact) mass is 313 g/mol. The second-order valence-electron chi connectivity index (χ2n) is 5.37. The van der Waals surface area contributed by atoms with E-state index in [0.29, 0.717) is 6.54 Å². The summed E-state index contributed by atoms with van der Waals surface area (Å²) in [5, 5.41) is 1.97. The number of thiazole rings is 1. The molecule has 0 amide bonds. The summed E-state index contributed by atoms with van der Waals surface area (Å²) < 4.78 is 1.67. The fourth-order valence-electron chi connectivity index (χ4n) is 2.53. The quantitative estimate of drug-likeness (QED) is 0.726. The largest absolute Gasteiger partial charge is 0.294 e. The summed E-state index contributed by atoms with van der Waals surface area (Å²) >= 11 is 1.51. The van der Waals surface area contributed by atoms with Crippen LogP contribution in [0.3, 0.4) is 0 Å². The lowest BCUT2D eigenvalue weighted by atomic mass is 10.2. The third-order valence-electron chi connectivity index (χ3n) is 3.71. The van der Waals surface area contributed by atoms with Crippen molar-refractivity contribution >= 4 is 16.3 Å². The van der Waals surface area contributed by atoms with Crippen LogP contribution in [0.1, 0.15) is 23.9 Å². The van der Waals surface area contributed by atoms with Gasteiger partial charge in [0.1, 0.15) is 0 Å². The Morgan fingerprint density at radius 3 is 2.73 bits per heavy atom. The first-order valence-electron chi connectivity index (χ1n) is 7.40. The Labute approximate surface area is 133 Å². The Bertz CT molecular complexity index is 823. The van der Waals surface area contributed by atoms with Crippen LogP contribution in [-0.2, 0) is 13.1 Å². The number of aryl methyl sites for hydroxylation is 1. The van der Waals surface area contributed by atoms with Crippen LogP contribution in [0.25, 0.3) is 4.96 Å². The van der Waals surface area contributed by atoms with Gasteiger partial charge in [-0.15, -0.1) is 11.3 Å². The second kappa shape index (κ2) is 6.42. The van der Waals surface area contributed by atoms with Crippen LogP contribution in [0.15, 0.2) is 46.6 Å². The zero-order chi connectivity index (χ0) is 15.5. The lowest BCUT2D eigenvalue weighted by Crippen LogP contribution is -2.24. The number of aromatic nitrogens is 2. The molecule has 4 nitrogen and oxygen atoms in total. The predicted molar refractivity (Wildman–Crippen MR) is 90.3 cm³/mol. The Kier molecular flexibility index (Phi) is 4.36. The van der Waals surface area contributed by atoms with E-state index in [9.17, 15) is 4.79 Å². The highest BCUT2D eigenvalue weighted by molar-refractivity contribution is 7.15. The van der Waals surface area contributed by atoms with Gasteiger partial charge in [0.25, 0.3) is 5.56 Å². The molecule has 2 heterocycles. The molecular weight excluding hydrogens is 294 g/mol. The SMILES string of the molecule is CCN(Cc1ccccc1)Cc1cc(=O)n2c(C)csc2n1. The van der Waals surface area contributed by atoms with Crippen LogP contribution < -0.4 is 5.56 Å². The average Bonchev–Trinajstić information content (AvgIpc) is 2.89. The molecule has 0 unspecified atom stereocenters. The fraction of sp³-hybridized carbons (Fsp3) is 0.294. The summed E-state index contributed by atoms with van der Waals surface area (Å²) in [6.45, 7) is 6.53. The van der Waals surface area contributed by atoms with Gasteiger partial charge in [0.2, 0.25) is 0 Å². The average molecular weight is 313 g/mol. The highest BCUT2D eigenvalue weighted by Gasteiger charge is 2.10. The van der Waals surface area contributed by atoms with E-state index in [2.05, 4.69) is 28.9 Å². The van der Waals surface area contributed by atoms with Gasteiger partial charge in [0.05, 0.1) is 5.69 Å². The van der Waals surface area contributed by atoms with Crippen molar-refractivity contribution in [2.75, 3.05) is 6.54 Å². The van der Waals surface area contributed by atoms with Gasteiger partial charge in [-0.1, -0.05) is 37.3 Å². The summed E-state index contributed by atoms with van der Waals surface area (Å²) in [5.41, 5.74) is 3.06. The molecule has 0 atom stereocenters. The van der Waals surface area contributed by atoms with E-state index in [1.54, 1.807) is 10.5 Å². The van der Waals surface area contributed by atoms with E-state index in [4.69, 9.17) is 0 Å². The molecule has 0 N–H and O–H groups in total. The molecule has 5 heteroatoms. The minimum Gasteiger partial charge on any atom is -0.294 e. The van der Waals surface area contributed by atoms with Crippen LogP contribution in [0.4, 0.5) is 0 Å². The van der Waals surface area contributed by atoms with E-state index >= 15 is 0 Å². The third-order valence-corrected chi connectivity index (χ3v) is 4.65. The van der Waals surface area contributed by atoms with Crippen molar-refractivity contribution in [1.29, 1.82) is 0 Å². The van der Waals surface area contributed by atoms with Crippen LogP contribution in [-0.4, -0.2) is 20.8 Å². The van der Waals surface area contributed by atoms with Crippen LogP contribution in [0.2, 0.25) is 0 Å². The molecule has 0 aliphatic rings. The van der Waals surface area contributed by atoms with Gasteiger partial charge in [-0.25, -0.2) is 4.98 Å². The lowest BCUT2D eigenvalue weighted by molar-refractivity contribution is 0.268. The summed E-state index contributed by atoms with van der Waals surface area (Å²) in [7, 11) is 0. The number of rotatable bonds is 5. The number of fused-ring (bicyclic) bond motifs is 1. The zero-order valence-electron chi connectivity index (χ0n) is 12.8. The molecule has 2 aromatic heterocycles. The van der Waals surface area contributed by atoms with Gasteiger partial charge in [-0.2, -0.15) is 0 Å². The normalized spacial score (nSPS) is 11.4. The first-order chi connectivity index (χ1) is 10.7. The van der Waals surface area contributed by atoms with E-state index < -0.39 is 0 Å². The zero-order valence-corrected chi connectivity index (χ0v) is 13.6. The number of nitrogens with zero attached hydrogens (tertiary/aromatic N) is 3. The molecular formula is C17H19N3OS. The lowest BCUT2D eigenvalue weighted by Gasteiger charge is -2.20. The first-order valence-corrected chi connectivity index (χ1v) is 8.28. The second-order valence-corrected chi connectivity index (χ2v) is 6.21. The molecule has 114 valence electrons. The third kappa shape index (κ3) is 3.10. The number of benzene rings is 1. The molecule has 0 saturated heterocycles. The summed E-state index contributed by atoms with van der Waals surface area (Å²) in [6, 6.07) is 12.0. The smallest absolute Gasteiger partial charge is 0.259 e. The predicted octanol–water partition coefficient (Wildman–Crippen LogP) is 3.09. The standard InChI is InChI=1S/C17H19N3OS/c1-3-19(10-14-7-5-4-6-8-14)11-15-9-16(21)20-13(2)12-22-17(20)18-15/h4-9,12H,3,10-11H2,1-2H3. The molecule has 0 radical (unpaired) electrons. The van der Waals surface area contributed by atoms with Gasteiger partial charge in [0, 0.05) is 30.2 Å². The van der Waals surface area contributed by atoms with Crippen molar-refractivity contribution in [2.45, 2.75) is 26.9 Å². The molecule has 0 saturated carbocycles. The number of hydrogen-bond donors (Lipinski definition) is 0. The van der Waals surface area contributed by atoms with Gasteiger partial charge >= 0.3 is 0 Å². The van der Waals surface area contributed by atoms with Gasteiger partial charge in [-0.3, -0.25) is 14.1 Å². The van der Waals surface area contributed by atoms with E-state index in [1.807, 2.05) is 30.5 Å². The Hall–Kier alpha value is -1.98. The maximum Gasteiger partial charge on any atom is 0.259 e. The summed E-state index contributed by atoms with van der Waals surface area (Å²) in [4.78, 5) is 19.9. The Morgan fingerprint density at radius 2 is 2.00 bits per heavy atom. The first kappa shape index (κ1) is 14.9. The molecule has 1 aromatic carbocycles. The minimum atomic E-state index is 0.00881. The van der Waals surface area contributed by atoms with E-state index in [1.165, 1.54) is 16.9 Å². The maximum atomic E-state index is 12.2. The fourth-order valence-corrected chi connectivity index (χ4v) is 3.42. The van der Waals surface area contributed by atoms with Crippen molar-refractivity contribution < 1.29 is 0 Å². The summed E-state index contributed by atoms with van der Waals surface area (Å²) in [6.07, 6.45) is 0. The molecule has 0 bridgehead atoms. The molecule has 3 rings (SSSR count). The van der Waals surface area contributed by atoms with Crippen molar-refractivity contribution in [3.63, 3.8) is 0 Å². The molecule has 0 aliphatic carbocycles. The van der Waals surface area contributed by atoms with Crippen molar-refractivity contribution in [2.24, 2.45) is 0 Å². The molecule has 0 fully saturated rings. The molecule has 3 aromatic rings. The highest BCUT2D eigenvalue weighted by atomic mass is 32.1. The van der Waals surface area contributed by atoms with Gasteiger partial charge in [-0.05, 0) is 19.0 Å². The van der Waals surface area contributed by atoms with Crippen LogP contribution in [0, 0.1) is 6.92 Å². The van der Waals surface area contributed by atoms with Crippen LogP contribution in [0.5, 0.6) is 0 Å². The van der Waals surface area contributed by atoms with Crippen molar-refractivity contribution in [1.82, 2.24) is 14.3 Å². The molecule has 0 spiro atoms. The van der Waals surface area contributed by atoms with Crippen LogP contribution >= 0.6 is 11.3 Å². The Balaban J connectivity index is 1.83. The summed E-state index contributed by atoms with van der Waals surface area (Å²) in [5.74, 6) is 0. The number of hydrogen-bond acceptors (Lipinski definition) is 4. The maximum absolute atomic E-state index is 12.2. The molecule has 0 aliphatic heterocycles. The van der Waals surface area contributed by atoms with E-state index in [0.717, 1.165) is 29.4 Å². The van der Waals surface area contributed by atoms with E-state index in [-0.39, 0.29) is 5.56 Å². The molecule has 22 heavy (non-hydrogen) atoms. The Morgan fingerprint density at radius 1 is 1.23 bits per heavy atom. The minimum absolute atomic E-state index is 0.00881. The van der Waals surface area contributed by atoms with Gasteiger partial charge in [0.15, 0.2) is 4.96 Å². The topological polar surface area (TPSA) is 37.6 Å². The van der Waals surface area contributed by atoms with Gasteiger partial charge < -0.3 is 0 Å².